The number of aromatic nitrogens is 2. The summed E-state index contributed by atoms with van der Waals surface area (Å²) in [4.78, 5) is 23.5. The van der Waals surface area contributed by atoms with E-state index in [0.717, 1.165) is 5.69 Å². The van der Waals surface area contributed by atoms with Gasteiger partial charge in [0, 0.05) is 0 Å². The molecule has 0 fully saturated rings. The summed E-state index contributed by atoms with van der Waals surface area (Å²) in [5, 5.41) is 10.9. The van der Waals surface area contributed by atoms with E-state index in [4.69, 9.17) is 16.0 Å². The molecule has 1 aromatic carbocycles. The molecule has 2 N–H and O–H groups in total. The van der Waals surface area contributed by atoms with Gasteiger partial charge in [-0.2, -0.15) is 10.2 Å². The summed E-state index contributed by atoms with van der Waals surface area (Å²) in [6.07, 6.45) is 2.83. The highest BCUT2D eigenvalue weighted by Crippen LogP contribution is 2.21. The monoisotopic (exact) mass is 385 g/mol. The Labute approximate surface area is 159 Å². The number of nitrogens with one attached hydrogen (secondary N) is 2. The van der Waals surface area contributed by atoms with Gasteiger partial charge in [0.1, 0.15) is 10.9 Å². The van der Waals surface area contributed by atoms with E-state index in [1.807, 2.05) is 30.3 Å². The maximum absolute atomic E-state index is 11.8. The summed E-state index contributed by atoms with van der Waals surface area (Å²) in [6.45, 7) is 1.88. The van der Waals surface area contributed by atoms with Crippen molar-refractivity contribution in [2.75, 3.05) is 0 Å². The lowest BCUT2D eigenvalue weighted by Crippen LogP contribution is -2.37. The van der Waals surface area contributed by atoms with Gasteiger partial charge in [-0.25, -0.2) is 10.1 Å². The lowest BCUT2D eigenvalue weighted by Gasteiger charge is -2.02. The quantitative estimate of drug-likeness (QED) is 0.399. The smallest absolute Gasteiger partial charge is 0.329 e. The van der Waals surface area contributed by atoms with E-state index in [9.17, 15) is 9.59 Å². The molecule has 0 saturated carbocycles. The van der Waals surface area contributed by atoms with Gasteiger partial charge in [-0.3, -0.25) is 9.59 Å². The zero-order chi connectivity index (χ0) is 19.2. The Hall–Kier alpha value is -3.39. The molecule has 2 aromatic heterocycles. The minimum Gasteiger partial charge on any atom is -0.467 e. The number of carbonyl (C=O) groups is 2. The zero-order valence-electron chi connectivity index (χ0n) is 14.3. The largest absolute Gasteiger partial charge is 0.467 e. The number of hydrogen-bond donors (Lipinski definition) is 2. The molecule has 3 rings (SSSR count). The van der Waals surface area contributed by atoms with E-state index < -0.39 is 11.8 Å². The van der Waals surface area contributed by atoms with Gasteiger partial charge < -0.3 is 9.73 Å². The first kappa shape index (κ1) is 18.4. The van der Waals surface area contributed by atoms with Gasteiger partial charge in [0.25, 0.3) is 0 Å². The molecular formula is C18H16ClN5O3. The van der Waals surface area contributed by atoms with Crippen molar-refractivity contribution in [3.8, 4) is 5.69 Å². The van der Waals surface area contributed by atoms with E-state index in [1.165, 1.54) is 12.5 Å². The van der Waals surface area contributed by atoms with Crippen LogP contribution in [0.3, 0.4) is 0 Å². The van der Waals surface area contributed by atoms with Gasteiger partial charge in [-0.15, -0.1) is 0 Å². The van der Waals surface area contributed by atoms with Crippen molar-refractivity contribution >= 4 is 29.6 Å². The first-order valence-electron chi connectivity index (χ1n) is 8.00. The fourth-order valence-corrected chi connectivity index (χ4v) is 2.59. The van der Waals surface area contributed by atoms with E-state index in [1.54, 1.807) is 23.7 Å². The van der Waals surface area contributed by atoms with Crippen molar-refractivity contribution < 1.29 is 14.0 Å². The van der Waals surface area contributed by atoms with E-state index in [2.05, 4.69) is 20.9 Å². The zero-order valence-corrected chi connectivity index (χ0v) is 15.1. The van der Waals surface area contributed by atoms with Gasteiger partial charge in [-0.1, -0.05) is 29.8 Å². The van der Waals surface area contributed by atoms with Crippen molar-refractivity contribution in [2.24, 2.45) is 5.10 Å². The van der Waals surface area contributed by atoms with E-state index in [0.29, 0.717) is 22.2 Å². The summed E-state index contributed by atoms with van der Waals surface area (Å²) in [5.74, 6) is -1.19. The molecule has 9 heteroatoms. The number of hydrogen-bond acceptors (Lipinski definition) is 5. The molecule has 0 aliphatic carbocycles. The first-order chi connectivity index (χ1) is 13.1. The average molecular weight is 386 g/mol. The van der Waals surface area contributed by atoms with E-state index in [-0.39, 0.29) is 6.54 Å². The highest BCUT2D eigenvalue weighted by Gasteiger charge is 2.15. The summed E-state index contributed by atoms with van der Waals surface area (Å²) in [7, 11) is 0. The van der Waals surface area contributed by atoms with Crippen LogP contribution in [0.4, 0.5) is 0 Å². The molecular weight excluding hydrogens is 370 g/mol. The third kappa shape index (κ3) is 4.42. The first-order valence-corrected chi connectivity index (χ1v) is 8.38. The van der Waals surface area contributed by atoms with Crippen LogP contribution < -0.4 is 10.7 Å². The Bertz CT molecular complexity index is 965. The third-order valence-electron chi connectivity index (χ3n) is 3.62. The van der Waals surface area contributed by atoms with Gasteiger partial charge in [0.2, 0.25) is 0 Å². The number of furan rings is 1. The summed E-state index contributed by atoms with van der Waals surface area (Å²) < 4.78 is 6.63. The Morgan fingerprint density at radius 3 is 2.70 bits per heavy atom. The highest BCUT2D eigenvalue weighted by atomic mass is 35.5. The lowest BCUT2D eigenvalue weighted by molar-refractivity contribution is -0.139. The fourth-order valence-electron chi connectivity index (χ4n) is 2.27. The number of benzene rings is 1. The molecule has 0 atom stereocenters. The predicted octanol–water partition coefficient (Wildman–Crippen LogP) is 2.19. The van der Waals surface area contributed by atoms with Crippen molar-refractivity contribution in [1.82, 2.24) is 20.5 Å². The molecule has 138 valence electrons. The van der Waals surface area contributed by atoms with Crippen LogP contribution >= 0.6 is 11.6 Å². The van der Waals surface area contributed by atoms with E-state index >= 15 is 0 Å². The predicted molar refractivity (Wildman–Crippen MR) is 99.6 cm³/mol. The molecule has 3 aromatic rings. The standard InChI is InChI=1S/C18H16ClN5O3/c1-12-15(16(19)24(23-12)13-6-3-2-4-7-13)11-21-22-18(26)17(25)20-10-14-8-5-9-27-14/h2-9,11H,10H2,1H3,(H,20,25)(H,22,26)/b21-11-. The van der Waals surface area contributed by atoms with Crippen LogP contribution in [0.5, 0.6) is 0 Å². The summed E-state index contributed by atoms with van der Waals surface area (Å²) in [6, 6.07) is 12.7. The number of carbonyl (C=O) groups excluding carboxylic acids is 2. The Balaban J connectivity index is 1.62. The average Bonchev–Trinajstić information content (AvgIpc) is 3.29. The maximum atomic E-state index is 11.8. The number of aryl methyl sites for hydroxylation is 1. The van der Waals surface area contributed by atoms with Crippen LogP contribution in [-0.2, 0) is 16.1 Å². The van der Waals surface area contributed by atoms with Crippen molar-refractivity contribution in [1.29, 1.82) is 0 Å². The van der Waals surface area contributed by atoms with Gasteiger partial charge in [0.15, 0.2) is 0 Å². The van der Waals surface area contributed by atoms with Crippen molar-refractivity contribution in [3.63, 3.8) is 0 Å². The van der Waals surface area contributed by atoms with Gasteiger partial charge >= 0.3 is 11.8 Å². The fraction of sp³-hybridized carbons (Fsp3) is 0.111. The second kappa shape index (κ2) is 8.33. The number of halogens is 1. The minimum atomic E-state index is -0.901. The van der Waals surface area contributed by atoms with Gasteiger partial charge in [0.05, 0.1) is 36.0 Å². The molecule has 0 spiro atoms. The van der Waals surface area contributed by atoms with Gasteiger partial charge in [-0.05, 0) is 31.2 Å². The number of amides is 2. The molecule has 0 unspecified atom stereocenters. The van der Waals surface area contributed by atoms with Crippen LogP contribution in [0.1, 0.15) is 17.0 Å². The lowest BCUT2D eigenvalue weighted by atomic mass is 10.3. The molecule has 2 amide bonds. The summed E-state index contributed by atoms with van der Waals surface area (Å²) >= 11 is 6.36. The Kier molecular flexibility index (Phi) is 5.68. The Morgan fingerprint density at radius 2 is 2.00 bits per heavy atom. The molecule has 8 nitrogen and oxygen atoms in total. The second-order valence-corrected chi connectivity index (χ2v) is 5.86. The van der Waals surface area contributed by atoms with Crippen LogP contribution in [0.15, 0.2) is 58.2 Å². The highest BCUT2D eigenvalue weighted by molar-refractivity contribution is 6.35. The maximum Gasteiger partial charge on any atom is 0.329 e. The topological polar surface area (TPSA) is 102 Å². The molecule has 0 bridgehead atoms. The number of hydrazone groups is 1. The second-order valence-electron chi connectivity index (χ2n) is 5.50. The minimum absolute atomic E-state index is 0.109. The molecule has 0 aliphatic heterocycles. The third-order valence-corrected chi connectivity index (χ3v) is 3.98. The van der Waals surface area contributed by atoms with Crippen LogP contribution in [-0.4, -0.2) is 27.8 Å². The Morgan fingerprint density at radius 1 is 1.22 bits per heavy atom. The molecule has 0 aliphatic rings. The summed E-state index contributed by atoms with van der Waals surface area (Å²) in [5.41, 5.74) is 4.12. The molecule has 0 radical (unpaired) electrons. The number of nitrogens with zero attached hydrogens (tertiary/aromatic N) is 3. The molecule has 0 saturated heterocycles. The van der Waals surface area contributed by atoms with Crippen LogP contribution in [0, 0.1) is 6.92 Å². The molecule has 27 heavy (non-hydrogen) atoms. The number of rotatable bonds is 5. The van der Waals surface area contributed by atoms with Crippen LogP contribution in [0.2, 0.25) is 5.15 Å². The molecule has 2 heterocycles. The SMILES string of the molecule is Cc1nn(-c2ccccc2)c(Cl)c1/C=N\NC(=O)C(=O)NCc1ccco1. The number of para-hydroxylation sites is 1. The van der Waals surface area contributed by atoms with Crippen molar-refractivity contribution in [3.05, 3.63) is 70.9 Å². The normalized spacial score (nSPS) is 10.9. The van der Waals surface area contributed by atoms with Crippen LogP contribution in [0.25, 0.3) is 5.69 Å². The van der Waals surface area contributed by atoms with Crippen molar-refractivity contribution in [2.45, 2.75) is 13.5 Å².